The first-order valence-electron chi connectivity index (χ1n) is 9.77. The highest BCUT2D eigenvalue weighted by Gasteiger charge is 2.23. The van der Waals surface area contributed by atoms with Gasteiger partial charge in [0.25, 0.3) is 0 Å². The van der Waals surface area contributed by atoms with Gasteiger partial charge in [-0.15, -0.1) is 24.8 Å². The van der Waals surface area contributed by atoms with Crippen LogP contribution >= 0.6 is 24.8 Å². The van der Waals surface area contributed by atoms with Crippen molar-refractivity contribution in [1.29, 1.82) is 0 Å². The maximum atomic E-state index is 13.4. The van der Waals surface area contributed by atoms with Crippen molar-refractivity contribution >= 4 is 48.0 Å². The summed E-state index contributed by atoms with van der Waals surface area (Å²) in [5.41, 5.74) is 7.48. The van der Waals surface area contributed by atoms with Gasteiger partial charge in [0.1, 0.15) is 11.6 Å². The molecule has 1 saturated heterocycles. The summed E-state index contributed by atoms with van der Waals surface area (Å²) in [5.74, 6) is 1.04. The molecular weight excluding hydrogens is 414 g/mol. The van der Waals surface area contributed by atoms with Crippen LogP contribution in [0, 0.1) is 5.82 Å². The Morgan fingerprint density at radius 1 is 1.21 bits per heavy atom. The summed E-state index contributed by atoms with van der Waals surface area (Å²) >= 11 is 0. The minimum Gasteiger partial charge on any atom is -0.396 e. The van der Waals surface area contributed by atoms with Gasteiger partial charge in [0, 0.05) is 36.6 Å². The van der Waals surface area contributed by atoms with Crippen molar-refractivity contribution in [2.75, 3.05) is 35.6 Å². The minimum absolute atomic E-state index is 0. The second kappa shape index (κ2) is 12.0. The van der Waals surface area contributed by atoms with Crippen LogP contribution in [0.25, 0.3) is 0 Å². The van der Waals surface area contributed by atoms with Crippen LogP contribution in [0.1, 0.15) is 38.8 Å². The monoisotopic (exact) mass is 444 g/mol. The number of benzene rings is 1. The molecule has 4 N–H and O–H groups in total. The number of aromatic nitrogens is 2. The zero-order chi connectivity index (χ0) is 19.2. The van der Waals surface area contributed by atoms with Gasteiger partial charge >= 0.3 is 0 Å². The van der Waals surface area contributed by atoms with Crippen molar-refractivity contribution in [2.45, 2.75) is 45.6 Å². The van der Waals surface area contributed by atoms with Crippen LogP contribution < -0.4 is 21.3 Å². The molecule has 162 valence electrons. The Morgan fingerprint density at radius 3 is 2.69 bits per heavy atom. The average Bonchev–Trinajstić information content (AvgIpc) is 3.12. The van der Waals surface area contributed by atoms with Crippen molar-refractivity contribution in [3.05, 3.63) is 35.8 Å². The van der Waals surface area contributed by atoms with E-state index in [0.29, 0.717) is 17.7 Å². The molecule has 0 amide bonds. The van der Waals surface area contributed by atoms with E-state index >= 15 is 0 Å². The number of nitrogens with two attached hydrogens (primary N) is 1. The number of anilines is 4. The first-order chi connectivity index (χ1) is 13.1. The molecule has 2 aromatic rings. The number of nitrogens with one attached hydrogen (secondary N) is 2. The van der Waals surface area contributed by atoms with E-state index in [1.54, 1.807) is 12.1 Å². The Bertz CT molecular complexity index is 777. The molecule has 29 heavy (non-hydrogen) atoms. The highest BCUT2D eigenvalue weighted by Crippen LogP contribution is 2.24. The number of likely N-dealkylation sites (N-methyl/N-ethyl adjacent to an activating group) is 1. The van der Waals surface area contributed by atoms with Gasteiger partial charge in [-0.3, -0.25) is 0 Å². The number of hydrogen-bond acceptors (Lipinski definition) is 6. The molecule has 9 heteroatoms. The van der Waals surface area contributed by atoms with Gasteiger partial charge in [0.2, 0.25) is 5.95 Å². The van der Waals surface area contributed by atoms with Crippen LogP contribution in [0.4, 0.5) is 27.5 Å². The van der Waals surface area contributed by atoms with Crippen LogP contribution in [-0.2, 0) is 6.42 Å². The van der Waals surface area contributed by atoms with Crippen LogP contribution in [0.15, 0.2) is 24.3 Å². The highest BCUT2D eigenvalue weighted by atomic mass is 35.5. The van der Waals surface area contributed by atoms with Crippen molar-refractivity contribution in [2.24, 2.45) is 0 Å². The average molecular weight is 445 g/mol. The summed E-state index contributed by atoms with van der Waals surface area (Å²) in [6.07, 6.45) is 4.22. The lowest BCUT2D eigenvalue weighted by Crippen LogP contribution is -2.32. The Kier molecular flexibility index (Phi) is 10.4. The van der Waals surface area contributed by atoms with E-state index in [1.807, 2.05) is 0 Å². The summed E-state index contributed by atoms with van der Waals surface area (Å²) in [6.45, 7) is 7.20. The largest absolute Gasteiger partial charge is 0.396 e. The number of hydrogen-bond donors (Lipinski definition) is 3. The van der Waals surface area contributed by atoms with Gasteiger partial charge in [-0.1, -0.05) is 20.3 Å². The summed E-state index contributed by atoms with van der Waals surface area (Å²) < 4.78 is 13.4. The molecule has 2 heterocycles. The molecule has 0 unspecified atom stereocenters. The van der Waals surface area contributed by atoms with Crippen molar-refractivity contribution in [1.82, 2.24) is 15.3 Å². The molecule has 1 aromatic carbocycles. The molecule has 1 aliphatic heterocycles. The Balaban J connectivity index is 0.00000210. The van der Waals surface area contributed by atoms with Gasteiger partial charge in [-0.05, 0) is 44.0 Å². The molecule has 0 radical (unpaired) electrons. The molecular formula is C20H31Cl2FN6. The van der Waals surface area contributed by atoms with E-state index in [9.17, 15) is 4.39 Å². The number of aryl methyl sites for hydroxylation is 1. The van der Waals surface area contributed by atoms with Gasteiger partial charge < -0.3 is 21.3 Å². The molecule has 1 fully saturated rings. The summed E-state index contributed by atoms with van der Waals surface area (Å²) in [7, 11) is 0. The van der Waals surface area contributed by atoms with Crippen LogP contribution in [0.2, 0.25) is 0 Å². The van der Waals surface area contributed by atoms with E-state index in [-0.39, 0.29) is 30.5 Å². The third kappa shape index (κ3) is 6.87. The molecule has 0 spiro atoms. The highest BCUT2D eigenvalue weighted by molar-refractivity contribution is 5.85. The van der Waals surface area contributed by atoms with Crippen molar-refractivity contribution in [3.63, 3.8) is 0 Å². The maximum absolute atomic E-state index is 13.4. The molecule has 0 saturated carbocycles. The summed E-state index contributed by atoms with van der Waals surface area (Å²) in [6, 6.07) is 7.14. The SMILES string of the molecule is CCCCc1cc(N2CC[C@H](NCC)C2)nc(Nc2ccc(F)c(N)c2)n1.Cl.Cl. The summed E-state index contributed by atoms with van der Waals surface area (Å²) in [4.78, 5) is 11.7. The van der Waals surface area contributed by atoms with Gasteiger partial charge in [0.15, 0.2) is 0 Å². The fourth-order valence-corrected chi connectivity index (χ4v) is 3.36. The number of unbranched alkanes of at least 4 members (excludes halogenated alkanes) is 1. The van der Waals surface area contributed by atoms with Crippen molar-refractivity contribution in [3.8, 4) is 0 Å². The number of halogens is 3. The lowest BCUT2D eigenvalue weighted by Gasteiger charge is -2.19. The van der Waals surface area contributed by atoms with Crippen LogP contribution in [0.5, 0.6) is 0 Å². The Morgan fingerprint density at radius 2 is 2.00 bits per heavy atom. The predicted octanol–water partition coefficient (Wildman–Crippen LogP) is 4.32. The van der Waals surface area contributed by atoms with Gasteiger partial charge in [0.05, 0.1) is 5.69 Å². The van der Waals surface area contributed by atoms with Crippen LogP contribution in [0.3, 0.4) is 0 Å². The molecule has 1 atom stereocenters. The molecule has 1 aliphatic rings. The molecule has 0 aliphatic carbocycles. The zero-order valence-corrected chi connectivity index (χ0v) is 18.6. The van der Waals surface area contributed by atoms with Crippen LogP contribution in [-0.4, -0.2) is 35.6 Å². The van der Waals surface area contributed by atoms with E-state index < -0.39 is 5.82 Å². The summed E-state index contributed by atoms with van der Waals surface area (Å²) in [5, 5.41) is 6.69. The Hall–Kier alpha value is -1.83. The van der Waals surface area contributed by atoms with Gasteiger partial charge in [-0.25, -0.2) is 9.37 Å². The second-order valence-electron chi connectivity index (χ2n) is 7.00. The zero-order valence-electron chi connectivity index (χ0n) is 16.9. The Labute approximate surface area is 184 Å². The predicted molar refractivity (Wildman–Crippen MR) is 124 cm³/mol. The maximum Gasteiger partial charge on any atom is 0.229 e. The fourth-order valence-electron chi connectivity index (χ4n) is 3.36. The first-order valence-corrected chi connectivity index (χ1v) is 9.77. The normalized spacial score (nSPS) is 15.6. The van der Waals surface area contributed by atoms with E-state index in [4.69, 9.17) is 10.7 Å². The topological polar surface area (TPSA) is 79.1 Å². The second-order valence-corrected chi connectivity index (χ2v) is 7.00. The molecule has 0 bridgehead atoms. The molecule has 1 aromatic heterocycles. The quantitative estimate of drug-likeness (QED) is 0.526. The molecule has 3 rings (SSSR count). The van der Waals surface area contributed by atoms with Gasteiger partial charge in [-0.2, -0.15) is 4.98 Å². The number of nitrogens with zero attached hydrogens (tertiary/aromatic N) is 3. The molecule has 6 nitrogen and oxygen atoms in total. The smallest absolute Gasteiger partial charge is 0.229 e. The van der Waals surface area contributed by atoms with E-state index in [1.165, 1.54) is 6.07 Å². The lowest BCUT2D eigenvalue weighted by molar-refractivity contribution is 0.571. The fraction of sp³-hybridized carbons (Fsp3) is 0.500. The minimum atomic E-state index is -0.426. The lowest BCUT2D eigenvalue weighted by atomic mass is 10.2. The third-order valence-corrected chi connectivity index (χ3v) is 4.81. The van der Waals surface area contributed by atoms with E-state index in [0.717, 1.165) is 56.8 Å². The van der Waals surface area contributed by atoms with Crippen molar-refractivity contribution < 1.29 is 4.39 Å². The third-order valence-electron chi connectivity index (χ3n) is 4.81. The first kappa shape index (κ1) is 25.2. The standard InChI is InChI=1S/C20H29FN6.2ClH/c1-3-5-6-14-12-19(27-10-9-16(13-27)23-4-2)26-20(24-14)25-15-7-8-17(21)18(22)11-15;;/h7-8,11-12,16,23H,3-6,9-10,13,22H2,1-2H3,(H,24,25,26);2*1H/t16-;;/m0../s1. The number of rotatable bonds is 8. The van der Waals surface area contributed by atoms with E-state index in [2.05, 4.69) is 40.4 Å². The number of nitrogen functional groups attached to an aromatic ring is 1.